The van der Waals surface area contributed by atoms with E-state index < -0.39 is 5.97 Å². The van der Waals surface area contributed by atoms with E-state index in [2.05, 4.69) is 32.6 Å². The van der Waals surface area contributed by atoms with Crippen LogP contribution in [0, 0.1) is 11.8 Å². The first-order chi connectivity index (χ1) is 6.95. The molecule has 0 radical (unpaired) electrons. The molecule has 1 fully saturated rings. The molecule has 1 N–H and O–H groups in total. The van der Waals surface area contributed by atoms with Gasteiger partial charge in [-0.15, -0.1) is 0 Å². The molecule has 0 aromatic carbocycles. The van der Waals surface area contributed by atoms with Gasteiger partial charge >= 0.3 is 5.97 Å². The van der Waals surface area contributed by atoms with Crippen molar-refractivity contribution >= 4 is 5.97 Å². The highest BCUT2D eigenvalue weighted by atomic mass is 16.4. The molecule has 0 spiro atoms. The topological polar surface area (TPSA) is 40.5 Å². The van der Waals surface area contributed by atoms with E-state index in [9.17, 15) is 9.90 Å². The molecule has 1 heterocycles. The average molecular weight is 213 g/mol. The molecule has 0 aromatic heterocycles. The van der Waals surface area contributed by atoms with E-state index in [0.717, 1.165) is 19.4 Å². The van der Waals surface area contributed by atoms with Crippen LogP contribution in [0.4, 0.5) is 0 Å². The molecule has 2 unspecified atom stereocenters. The van der Waals surface area contributed by atoms with E-state index in [1.165, 1.54) is 0 Å². The first-order valence-corrected chi connectivity index (χ1v) is 5.93. The summed E-state index contributed by atoms with van der Waals surface area (Å²) in [5.74, 6) is 0.105. The Labute approximate surface area is 92.5 Å². The number of rotatable bonds is 3. The Kier molecular flexibility index (Phi) is 4.14. The van der Waals surface area contributed by atoms with Crippen LogP contribution < -0.4 is 0 Å². The van der Waals surface area contributed by atoms with Crippen molar-refractivity contribution in [3.05, 3.63) is 0 Å². The van der Waals surface area contributed by atoms with Gasteiger partial charge in [0.25, 0.3) is 0 Å². The van der Waals surface area contributed by atoms with Crippen molar-refractivity contribution < 1.29 is 9.90 Å². The van der Waals surface area contributed by atoms with E-state index in [4.69, 9.17) is 0 Å². The fourth-order valence-electron chi connectivity index (χ4n) is 2.65. The van der Waals surface area contributed by atoms with Gasteiger partial charge < -0.3 is 5.11 Å². The van der Waals surface area contributed by atoms with Crippen LogP contribution in [0.5, 0.6) is 0 Å². The van der Waals surface area contributed by atoms with Gasteiger partial charge in [0.05, 0.1) is 0 Å². The highest BCUT2D eigenvalue weighted by molar-refractivity contribution is 5.74. The van der Waals surface area contributed by atoms with Crippen molar-refractivity contribution in [1.29, 1.82) is 0 Å². The summed E-state index contributed by atoms with van der Waals surface area (Å²) < 4.78 is 0. The van der Waals surface area contributed by atoms with Gasteiger partial charge in [0.1, 0.15) is 6.04 Å². The van der Waals surface area contributed by atoms with Gasteiger partial charge in [0.2, 0.25) is 0 Å². The van der Waals surface area contributed by atoms with Crippen LogP contribution in [0.1, 0.15) is 40.5 Å². The van der Waals surface area contributed by atoms with Crippen LogP contribution in [0.2, 0.25) is 0 Å². The monoisotopic (exact) mass is 213 g/mol. The average Bonchev–Trinajstić information content (AvgIpc) is 2.16. The number of hydrogen-bond acceptors (Lipinski definition) is 2. The minimum atomic E-state index is -0.651. The van der Waals surface area contributed by atoms with Crippen molar-refractivity contribution in [2.75, 3.05) is 6.54 Å². The smallest absolute Gasteiger partial charge is 0.321 e. The van der Waals surface area contributed by atoms with Gasteiger partial charge in [-0.2, -0.15) is 0 Å². The molecule has 15 heavy (non-hydrogen) atoms. The number of carboxylic acid groups (broad SMARTS) is 1. The third-order valence-corrected chi connectivity index (χ3v) is 3.49. The Morgan fingerprint density at radius 1 is 1.33 bits per heavy atom. The number of carbonyl (C=O) groups is 1. The minimum Gasteiger partial charge on any atom is -0.480 e. The molecular formula is C12H23NO2. The van der Waals surface area contributed by atoms with Crippen molar-refractivity contribution in [2.24, 2.45) is 11.8 Å². The summed E-state index contributed by atoms with van der Waals surface area (Å²) in [7, 11) is 0. The summed E-state index contributed by atoms with van der Waals surface area (Å²) in [5.41, 5.74) is 0. The summed E-state index contributed by atoms with van der Waals surface area (Å²) >= 11 is 0. The van der Waals surface area contributed by atoms with Gasteiger partial charge in [0.15, 0.2) is 0 Å². The van der Waals surface area contributed by atoms with Crippen LogP contribution in [-0.4, -0.2) is 34.6 Å². The molecular weight excluding hydrogens is 190 g/mol. The number of piperidine rings is 1. The number of likely N-dealkylation sites (tertiary alicyclic amines) is 1. The molecule has 1 saturated heterocycles. The Morgan fingerprint density at radius 3 is 2.33 bits per heavy atom. The first-order valence-electron chi connectivity index (χ1n) is 5.93. The van der Waals surface area contributed by atoms with Gasteiger partial charge in [-0.05, 0) is 45.1 Å². The number of carboxylic acids is 1. The molecule has 1 aliphatic rings. The fourth-order valence-corrected chi connectivity index (χ4v) is 2.65. The molecule has 0 bridgehead atoms. The molecule has 0 aromatic rings. The van der Waals surface area contributed by atoms with Crippen LogP contribution >= 0.6 is 0 Å². The molecule has 0 amide bonds. The molecule has 3 heteroatoms. The van der Waals surface area contributed by atoms with Crippen molar-refractivity contribution in [2.45, 2.75) is 52.6 Å². The van der Waals surface area contributed by atoms with Crippen molar-refractivity contribution in [3.8, 4) is 0 Å². The van der Waals surface area contributed by atoms with Crippen molar-refractivity contribution in [1.82, 2.24) is 4.90 Å². The third-order valence-electron chi connectivity index (χ3n) is 3.49. The highest BCUT2D eigenvalue weighted by Gasteiger charge is 2.38. The maximum Gasteiger partial charge on any atom is 0.321 e. The van der Waals surface area contributed by atoms with Crippen molar-refractivity contribution in [3.63, 3.8) is 0 Å². The lowest BCUT2D eigenvalue weighted by Gasteiger charge is -2.42. The predicted molar refractivity (Wildman–Crippen MR) is 60.8 cm³/mol. The Bertz CT molecular complexity index is 210. The molecule has 1 aliphatic heterocycles. The number of nitrogens with zero attached hydrogens (tertiary/aromatic N) is 1. The number of aliphatic carboxylic acids is 1. The molecule has 0 saturated carbocycles. The summed E-state index contributed by atoms with van der Waals surface area (Å²) in [4.78, 5) is 13.5. The van der Waals surface area contributed by atoms with Crippen LogP contribution in [0.3, 0.4) is 0 Å². The largest absolute Gasteiger partial charge is 0.480 e. The summed E-state index contributed by atoms with van der Waals surface area (Å²) in [5, 5.41) is 9.34. The van der Waals surface area contributed by atoms with E-state index in [0.29, 0.717) is 17.9 Å². The predicted octanol–water partition coefficient (Wildman–Crippen LogP) is 2.22. The second kappa shape index (κ2) is 4.97. The normalized spacial score (nSPS) is 28.7. The molecule has 1 rings (SSSR count). The van der Waals surface area contributed by atoms with E-state index >= 15 is 0 Å². The lowest BCUT2D eigenvalue weighted by Crippen LogP contribution is -2.54. The lowest BCUT2D eigenvalue weighted by atomic mass is 9.80. The molecule has 88 valence electrons. The second-order valence-electron chi connectivity index (χ2n) is 5.16. The summed E-state index contributed by atoms with van der Waals surface area (Å²) in [6, 6.07) is 0.0476. The van der Waals surface area contributed by atoms with E-state index in [1.807, 2.05) is 0 Å². The zero-order valence-corrected chi connectivity index (χ0v) is 10.2. The molecule has 2 atom stereocenters. The lowest BCUT2D eigenvalue weighted by molar-refractivity contribution is -0.149. The highest BCUT2D eigenvalue weighted by Crippen LogP contribution is 2.31. The van der Waals surface area contributed by atoms with Crippen LogP contribution in [0.15, 0.2) is 0 Å². The standard InChI is InChI=1S/C12H23NO2/c1-8(2)10-6-5-7-13(9(3)4)11(10)12(14)15/h8-11H,5-7H2,1-4H3,(H,14,15). The zero-order valence-electron chi connectivity index (χ0n) is 10.2. The maximum absolute atomic E-state index is 11.3. The zero-order chi connectivity index (χ0) is 11.6. The van der Waals surface area contributed by atoms with Crippen LogP contribution in [-0.2, 0) is 4.79 Å². The fraction of sp³-hybridized carbons (Fsp3) is 0.917. The van der Waals surface area contributed by atoms with E-state index in [1.54, 1.807) is 0 Å². The van der Waals surface area contributed by atoms with E-state index in [-0.39, 0.29) is 6.04 Å². The second-order valence-corrected chi connectivity index (χ2v) is 5.16. The summed E-state index contributed by atoms with van der Waals surface area (Å²) in [6.45, 7) is 9.35. The van der Waals surface area contributed by atoms with Crippen LogP contribution in [0.25, 0.3) is 0 Å². The van der Waals surface area contributed by atoms with Gasteiger partial charge in [-0.1, -0.05) is 13.8 Å². The molecule has 0 aliphatic carbocycles. The Balaban J connectivity index is 2.85. The maximum atomic E-state index is 11.3. The SMILES string of the molecule is CC(C)C1CCCN(C(C)C)C1C(=O)O. The van der Waals surface area contributed by atoms with Gasteiger partial charge in [-0.25, -0.2) is 0 Å². The Hall–Kier alpha value is -0.570. The number of hydrogen-bond donors (Lipinski definition) is 1. The summed E-state index contributed by atoms with van der Waals surface area (Å²) in [6.07, 6.45) is 2.18. The van der Waals surface area contributed by atoms with Gasteiger partial charge in [-0.3, -0.25) is 9.69 Å². The Morgan fingerprint density at radius 2 is 1.93 bits per heavy atom. The third kappa shape index (κ3) is 2.71. The quantitative estimate of drug-likeness (QED) is 0.781. The molecule has 3 nitrogen and oxygen atoms in total. The van der Waals surface area contributed by atoms with Gasteiger partial charge in [0, 0.05) is 6.04 Å². The first kappa shape index (κ1) is 12.5. The minimum absolute atomic E-state index is 0.279.